The molecule has 1 spiro atoms. The van der Waals surface area contributed by atoms with Gasteiger partial charge in [0.25, 0.3) is 0 Å². The van der Waals surface area contributed by atoms with Crippen LogP contribution in [0.4, 0.5) is 0 Å². The van der Waals surface area contributed by atoms with E-state index in [2.05, 4.69) is 24.5 Å². The number of rotatable bonds is 3. The molecule has 1 aliphatic carbocycles. The van der Waals surface area contributed by atoms with E-state index in [4.69, 9.17) is 0 Å². The zero-order chi connectivity index (χ0) is 10.9. The summed E-state index contributed by atoms with van der Waals surface area (Å²) in [6.07, 6.45) is 4.49. The van der Waals surface area contributed by atoms with E-state index in [0.29, 0.717) is 17.9 Å². The van der Waals surface area contributed by atoms with Crippen LogP contribution < -0.4 is 10.6 Å². The fourth-order valence-corrected chi connectivity index (χ4v) is 2.59. The fourth-order valence-electron chi connectivity index (χ4n) is 2.59. The van der Waals surface area contributed by atoms with Gasteiger partial charge in [0.2, 0.25) is 5.91 Å². The number of β-lactam (4-membered cyclic amide) rings is 1. The number of hydrogen-bond acceptors (Lipinski definition) is 2. The number of carbonyl (C=O) groups is 1. The molecule has 3 nitrogen and oxygen atoms in total. The maximum atomic E-state index is 11.4. The molecule has 0 aromatic rings. The van der Waals surface area contributed by atoms with Crippen molar-refractivity contribution in [3.8, 4) is 0 Å². The molecule has 3 heteroatoms. The maximum absolute atomic E-state index is 11.4. The summed E-state index contributed by atoms with van der Waals surface area (Å²) in [5, 5.41) is 6.46. The van der Waals surface area contributed by atoms with Crippen molar-refractivity contribution in [2.45, 2.75) is 53.0 Å². The Labute approximate surface area is 99.4 Å². The van der Waals surface area contributed by atoms with Gasteiger partial charge in [-0.2, -0.15) is 0 Å². The van der Waals surface area contributed by atoms with Crippen molar-refractivity contribution in [2.24, 2.45) is 11.3 Å². The predicted octanol–water partition coefficient (Wildman–Crippen LogP) is 1.93. The fraction of sp³-hybridized carbons (Fsp3) is 0.923. The highest BCUT2D eigenvalue weighted by atomic mass is 16.2. The monoisotopic (exact) mass is 226 g/mol. The Hall–Kier alpha value is -0.570. The highest BCUT2D eigenvalue weighted by Gasteiger charge is 2.47. The van der Waals surface area contributed by atoms with E-state index < -0.39 is 0 Å². The first-order chi connectivity index (χ1) is 7.12. The van der Waals surface area contributed by atoms with Gasteiger partial charge < -0.3 is 10.6 Å². The third-order valence-corrected chi connectivity index (χ3v) is 3.83. The van der Waals surface area contributed by atoms with Crippen molar-refractivity contribution in [1.29, 1.82) is 0 Å². The molecular weight excluding hydrogens is 200 g/mol. The van der Waals surface area contributed by atoms with E-state index in [1.54, 1.807) is 0 Å². The van der Waals surface area contributed by atoms with Gasteiger partial charge >= 0.3 is 0 Å². The molecule has 1 saturated heterocycles. The minimum Gasteiger partial charge on any atom is -0.354 e. The normalized spacial score (nSPS) is 33.2. The van der Waals surface area contributed by atoms with Crippen LogP contribution in [0.5, 0.6) is 0 Å². The summed E-state index contributed by atoms with van der Waals surface area (Å²) in [5.74, 6) is 1.01. The molecule has 94 valence electrons. The SMILES string of the molecule is C.CC(C)CNC1CCC2(CC1)CNC2=O. The van der Waals surface area contributed by atoms with Gasteiger partial charge in [-0.1, -0.05) is 21.3 Å². The first-order valence-electron chi connectivity index (χ1n) is 6.14. The van der Waals surface area contributed by atoms with E-state index in [1.807, 2.05) is 0 Å². The molecule has 0 atom stereocenters. The molecular formula is C13H26N2O. The summed E-state index contributed by atoms with van der Waals surface area (Å²) in [6, 6.07) is 0.645. The standard InChI is InChI=1S/C12H22N2O.CH4/c1-9(2)7-13-10-3-5-12(6-4-10)8-14-11(12)15;/h9-10,13H,3-8H2,1-2H3,(H,14,15);1H4. The van der Waals surface area contributed by atoms with Crippen molar-refractivity contribution >= 4 is 5.91 Å². The third kappa shape index (κ3) is 2.57. The molecule has 2 N–H and O–H groups in total. The first kappa shape index (κ1) is 13.5. The summed E-state index contributed by atoms with van der Waals surface area (Å²) < 4.78 is 0. The Morgan fingerprint density at radius 2 is 2.06 bits per heavy atom. The maximum Gasteiger partial charge on any atom is 0.228 e. The Morgan fingerprint density at radius 3 is 2.44 bits per heavy atom. The molecule has 16 heavy (non-hydrogen) atoms. The second-order valence-corrected chi connectivity index (χ2v) is 5.54. The van der Waals surface area contributed by atoms with Crippen LogP contribution in [-0.2, 0) is 4.79 Å². The average molecular weight is 226 g/mol. The van der Waals surface area contributed by atoms with Crippen LogP contribution in [0.3, 0.4) is 0 Å². The van der Waals surface area contributed by atoms with Crippen molar-refractivity contribution < 1.29 is 4.79 Å². The highest BCUT2D eigenvalue weighted by Crippen LogP contribution is 2.40. The zero-order valence-corrected chi connectivity index (χ0v) is 9.81. The number of amides is 1. The number of nitrogens with one attached hydrogen (secondary N) is 2. The molecule has 0 aromatic heterocycles. The Kier molecular flexibility index (Phi) is 4.36. The van der Waals surface area contributed by atoms with Gasteiger partial charge in [-0.15, -0.1) is 0 Å². The van der Waals surface area contributed by atoms with Gasteiger partial charge in [-0.3, -0.25) is 4.79 Å². The van der Waals surface area contributed by atoms with Gasteiger partial charge in [0.05, 0.1) is 5.41 Å². The Morgan fingerprint density at radius 1 is 1.44 bits per heavy atom. The minimum absolute atomic E-state index is 0. The summed E-state index contributed by atoms with van der Waals surface area (Å²) in [4.78, 5) is 11.4. The topological polar surface area (TPSA) is 41.1 Å². The van der Waals surface area contributed by atoms with Crippen LogP contribution in [0, 0.1) is 11.3 Å². The van der Waals surface area contributed by atoms with Gasteiger partial charge in [-0.25, -0.2) is 0 Å². The minimum atomic E-state index is 0. The second kappa shape index (κ2) is 5.17. The van der Waals surface area contributed by atoms with Crippen LogP contribution in [-0.4, -0.2) is 25.0 Å². The van der Waals surface area contributed by atoms with E-state index in [1.165, 1.54) is 12.8 Å². The van der Waals surface area contributed by atoms with Crippen molar-refractivity contribution in [3.05, 3.63) is 0 Å². The summed E-state index contributed by atoms with van der Waals surface area (Å²) in [6.45, 7) is 6.49. The first-order valence-corrected chi connectivity index (χ1v) is 6.14. The van der Waals surface area contributed by atoms with Crippen LogP contribution in [0.1, 0.15) is 47.0 Å². The van der Waals surface area contributed by atoms with Crippen LogP contribution in [0.25, 0.3) is 0 Å². The molecule has 2 aliphatic rings. The lowest BCUT2D eigenvalue weighted by Gasteiger charge is -2.45. The molecule has 0 unspecified atom stereocenters. The molecule has 2 fully saturated rings. The molecule has 1 saturated carbocycles. The predicted molar refractivity (Wildman–Crippen MR) is 67.3 cm³/mol. The van der Waals surface area contributed by atoms with Gasteiger partial charge in [0, 0.05) is 12.6 Å². The lowest BCUT2D eigenvalue weighted by Crippen LogP contribution is -2.61. The van der Waals surface area contributed by atoms with Crippen LogP contribution >= 0.6 is 0 Å². The van der Waals surface area contributed by atoms with Gasteiger partial charge in [0.1, 0.15) is 0 Å². The quantitative estimate of drug-likeness (QED) is 0.722. The van der Waals surface area contributed by atoms with Crippen molar-refractivity contribution in [2.75, 3.05) is 13.1 Å². The Balaban J connectivity index is 0.00000128. The molecule has 1 aliphatic heterocycles. The number of carbonyl (C=O) groups excluding carboxylic acids is 1. The molecule has 1 amide bonds. The highest BCUT2D eigenvalue weighted by molar-refractivity contribution is 5.88. The largest absolute Gasteiger partial charge is 0.354 e. The van der Waals surface area contributed by atoms with E-state index in [9.17, 15) is 4.79 Å². The molecule has 0 bridgehead atoms. The summed E-state index contributed by atoms with van der Waals surface area (Å²) in [7, 11) is 0. The van der Waals surface area contributed by atoms with Gasteiger partial charge in [-0.05, 0) is 38.1 Å². The lowest BCUT2D eigenvalue weighted by molar-refractivity contribution is -0.142. The zero-order valence-electron chi connectivity index (χ0n) is 9.81. The molecule has 2 rings (SSSR count). The smallest absolute Gasteiger partial charge is 0.228 e. The summed E-state index contributed by atoms with van der Waals surface area (Å²) in [5.41, 5.74) is 0.0377. The molecule has 1 heterocycles. The van der Waals surface area contributed by atoms with Crippen LogP contribution in [0.15, 0.2) is 0 Å². The van der Waals surface area contributed by atoms with E-state index in [0.717, 1.165) is 25.9 Å². The van der Waals surface area contributed by atoms with Crippen molar-refractivity contribution in [1.82, 2.24) is 10.6 Å². The van der Waals surface area contributed by atoms with Gasteiger partial charge in [0.15, 0.2) is 0 Å². The van der Waals surface area contributed by atoms with Crippen LogP contribution in [0.2, 0.25) is 0 Å². The van der Waals surface area contributed by atoms with E-state index >= 15 is 0 Å². The third-order valence-electron chi connectivity index (χ3n) is 3.83. The second-order valence-electron chi connectivity index (χ2n) is 5.54. The summed E-state index contributed by atoms with van der Waals surface area (Å²) >= 11 is 0. The molecule has 0 aromatic carbocycles. The lowest BCUT2D eigenvalue weighted by atomic mass is 9.68. The molecule has 0 radical (unpaired) electrons. The van der Waals surface area contributed by atoms with E-state index in [-0.39, 0.29) is 12.8 Å². The average Bonchev–Trinajstić information content (AvgIpc) is 2.25. The Bertz CT molecular complexity index is 242. The van der Waals surface area contributed by atoms with Crippen molar-refractivity contribution in [3.63, 3.8) is 0 Å². The number of hydrogen-bond donors (Lipinski definition) is 2.